The summed E-state index contributed by atoms with van der Waals surface area (Å²) < 4.78 is 0. The first-order chi connectivity index (χ1) is 7.02. The van der Waals surface area contributed by atoms with Gasteiger partial charge in [-0.1, -0.05) is 0 Å². The molecule has 0 amide bonds. The molecule has 0 aliphatic carbocycles. The maximum atomic E-state index is 9.27. The molecule has 15 heavy (non-hydrogen) atoms. The number of thioether (sulfide) groups is 1. The SMILES string of the molecule is CC(O)C(CO)CSCC(CO)C(C)O. The van der Waals surface area contributed by atoms with Gasteiger partial charge in [0, 0.05) is 36.6 Å². The molecule has 0 aromatic rings. The van der Waals surface area contributed by atoms with Gasteiger partial charge in [0.25, 0.3) is 0 Å². The zero-order chi connectivity index (χ0) is 11.8. The summed E-state index contributed by atoms with van der Waals surface area (Å²) >= 11 is 1.54. The molecule has 4 nitrogen and oxygen atoms in total. The maximum Gasteiger partial charge on any atom is 0.0570 e. The Bertz CT molecular complexity index is 136. The quantitative estimate of drug-likeness (QED) is 0.467. The zero-order valence-electron chi connectivity index (χ0n) is 9.33. The summed E-state index contributed by atoms with van der Waals surface area (Å²) in [4.78, 5) is 0. The number of hydrogen-bond donors (Lipinski definition) is 4. The van der Waals surface area contributed by atoms with E-state index >= 15 is 0 Å². The van der Waals surface area contributed by atoms with Gasteiger partial charge >= 0.3 is 0 Å². The van der Waals surface area contributed by atoms with Gasteiger partial charge in [-0.05, 0) is 13.8 Å². The van der Waals surface area contributed by atoms with Crippen LogP contribution >= 0.6 is 11.8 Å². The van der Waals surface area contributed by atoms with Gasteiger partial charge in [-0.3, -0.25) is 0 Å². The van der Waals surface area contributed by atoms with Crippen molar-refractivity contribution in [3.05, 3.63) is 0 Å². The maximum absolute atomic E-state index is 9.27. The van der Waals surface area contributed by atoms with Crippen LogP contribution in [0.1, 0.15) is 13.8 Å². The Morgan fingerprint density at radius 1 is 0.867 bits per heavy atom. The van der Waals surface area contributed by atoms with E-state index in [-0.39, 0.29) is 25.0 Å². The van der Waals surface area contributed by atoms with E-state index in [1.54, 1.807) is 13.8 Å². The average molecular weight is 238 g/mol. The topological polar surface area (TPSA) is 80.9 Å². The highest BCUT2D eigenvalue weighted by Gasteiger charge is 2.17. The summed E-state index contributed by atoms with van der Waals surface area (Å²) in [6.45, 7) is 3.23. The summed E-state index contributed by atoms with van der Waals surface area (Å²) in [5.41, 5.74) is 0. The summed E-state index contributed by atoms with van der Waals surface area (Å²) in [6.07, 6.45) is -1.05. The second-order valence-electron chi connectivity index (χ2n) is 3.90. The predicted octanol–water partition coefficient (Wildman–Crippen LogP) is -0.302. The molecule has 4 unspecified atom stereocenters. The normalized spacial score (nSPS) is 19.6. The smallest absolute Gasteiger partial charge is 0.0570 e. The van der Waals surface area contributed by atoms with E-state index in [4.69, 9.17) is 10.2 Å². The summed E-state index contributed by atoms with van der Waals surface area (Å²) in [5.74, 6) is 1.00. The average Bonchev–Trinajstić information content (AvgIpc) is 2.17. The predicted molar refractivity (Wildman–Crippen MR) is 61.8 cm³/mol. The van der Waals surface area contributed by atoms with Gasteiger partial charge in [-0.15, -0.1) is 0 Å². The molecule has 0 aliphatic rings. The Morgan fingerprint density at radius 3 is 1.40 bits per heavy atom. The van der Waals surface area contributed by atoms with E-state index in [0.717, 1.165) is 0 Å². The lowest BCUT2D eigenvalue weighted by molar-refractivity contribution is 0.0914. The second kappa shape index (κ2) is 8.35. The van der Waals surface area contributed by atoms with Gasteiger partial charge in [-0.2, -0.15) is 11.8 Å². The van der Waals surface area contributed by atoms with Crippen molar-refractivity contribution < 1.29 is 20.4 Å². The van der Waals surface area contributed by atoms with Gasteiger partial charge in [0.2, 0.25) is 0 Å². The van der Waals surface area contributed by atoms with Gasteiger partial charge in [0.05, 0.1) is 12.2 Å². The Hall–Kier alpha value is 0.190. The molecule has 0 fully saturated rings. The molecule has 4 N–H and O–H groups in total. The van der Waals surface area contributed by atoms with Crippen molar-refractivity contribution in [2.45, 2.75) is 26.1 Å². The van der Waals surface area contributed by atoms with Gasteiger partial charge < -0.3 is 20.4 Å². The fourth-order valence-electron chi connectivity index (χ4n) is 1.06. The summed E-state index contributed by atoms with van der Waals surface area (Å²) in [7, 11) is 0. The number of aliphatic hydroxyl groups is 4. The van der Waals surface area contributed by atoms with Crippen LogP contribution in [-0.2, 0) is 0 Å². The van der Waals surface area contributed by atoms with Crippen LogP contribution in [0.5, 0.6) is 0 Å². The van der Waals surface area contributed by atoms with Crippen molar-refractivity contribution in [2.75, 3.05) is 24.7 Å². The highest BCUT2D eigenvalue weighted by atomic mass is 32.2. The van der Waals surface area contributed by atoms with Gasteiger partial charge in [-0.25, -0.2) is 0 Å². The standard InChI is InChI=1S/C10H22O4S/c1-7(13)9(3-11)5-15-6-10(4-12)8(2)14/h7-14H,3-6H2,1-2H3. The lowest BCUT2D eigenvalue weighted by Crippen LogP contribution is -2.26. The Morgan fingerprint density at radius 2 is 1.20 bits per heavy atom. The fraction of sp³-hybridized carbons (Fsp3) is 1.00. The molecule has 0 aliphatic heterocycles. The van der Waals surface area contributed by atoms with Crippen molar-refractivity contribution >= 4 is 11.8 Å². The molecule has 0 radical (unpaired) electrons. The van der Waals surface area contributed by atoms with E-state index in [9.17, 15) is 10.2 Å². The first-order valence-corrected chi connectivity index (χ1v) is 6.34. The van der Waals surface area contributed by atoms with Gasteiger partial charge in [0.15, 0.2) is 0 Å². The minimum atomic E-state index is -0.526. The molecule has 0 saturated carbocycles. The van der Waals surface area contributed by atoms with E-state index < -0.39 is 12.2 Å². The lowest BCUT2D eigenvalue weighted by atomic mass is 10.1. The van der Waals surface area contributed by atoms with Crippen molar-refractivity contribution in [1.29, 1.82) is 0 Å². The summed E-state index contributed by atoms with van der Waals surface area (Å²) in [5, 5.41) is 36.5. The molecule has 5 heteroatoms. The number of rotatable bonds is 8. The van der Waals surface area contributed by atoms with Gasteiger partial charge in [0.1, 0.15) is 0 Å². The molecule has 0 spiro atoms. The molecule has 4 atom stereocenters. The van der Waals surface area contributed by atoms with E-state index in [1.165, 1.54) is 11.8 Å². The molecular formula is C10H22O4S. The summed E-state index contributed by atoms with van der Waals surface area (Å²) in [6, 6.07) is 0. The highest BCUT2D eigenvalue weighted by molar-refractivity contribution is 7.99. The van der Waals surface area contributed by atoms with Crippen molar-refractivity contribution in [1.82, 2.24) is 0 Å². The monoisotopic (exact) mass is 238 g/mol. The Kier molecular flexibility index (Phi) is 8.46. The van der Waals surface area contributed by atoms with Crippen LogP contribution in [0.15, 0.2) is 0 Å². The largest absolute Gasteiger partial charge is 0.396 e. The Labute approximate surface area is 95.3 Å². The zero-order valence-corrected chi connectivity index (χ0v) is 10.2. The van der Waals surface area contributed by atoms with E-state index in [1.807, 2.05) is 0 Å². The molecule has 0 aromatic carbocycles. The van der Waals surface area contributed by atoms with Crippen LogP contribution in [0.4, 0.5) is 0 Å². The van der Waals surface area contributed by atoms with Crippen LogP contribution < -0.4 is 0 Å². The van der Waals surface area contributed by atoms with Crippen LogP contribution in [-0.4, -0.2) is 57.4 Å². The Balaban J connectivity index is 3.75. The molecule has 0 saturated heterocycles. The van der Waals surface area contributed by atoms with E-state index in [2.05, 4.69) is 0 Å². The highest BCUT2D eigenvalue weighted by Crippen LogP contribution is 2.17. The van der Waals surface area contributed by atoms with Crippen molar-refractivity contribution in [3.63, 3.8) is 0 Å². The van der Waals surface area contributed by atoms with Crippen molar-refractivity contribution in [2.24, 2.45) is 11.8 Å². The third kappa shape index (κ3) is 6.37. The molecule has 0 aromatic heterocycles. The second-order valence-corrected chi connectivity index (χ2v) is 4.98. The molecule has 0 bridgehead atoms. The van der Waals surface area contributed by atoms with E-state index in [0.29, 0.717) is 11.5 Å². The molecule has 0 heterocycles. The van der Waals surface area contributed by atoms with Crippen LogP contribution in [0.25, 0.3) is 0 Å². The molecule has 92 valence electrons. The van der Waals surface area contributed by atoms with Crippen LogP contribution in [0.2, 0.25) is 0 Å². The third-order valence-electron chi connectivity index (χ3n) is 2.50. The third-order valence-corrected chi connectivity index (χ3v) is 3.83. The van der Waals surface area contributed by atoms with Crippen LogP contribution in [0, 0.1) is 11.8 Å². The number of hydrogen-bond acceptors (Lipinski definition) is 5. The molecule has 0 rings (SSSR count). The van der Waals surface area contributed by atoms with Crippen molar-refractivity contribution in [3.8, 4) is 0 Å². The lowest BCUT2D eigenvalue weighted by Gasteiger charge is -2.20. The first-order valence-electron chi connectivity index (χ1n) is 5.18. The fourth-order valence-corrected chi connectivity index (χ4v) is 2.57. The number of aliphatic hydroxyl groups excluding tert-OH is 4. The first kappa shape index (κ1) is 15.2. The minimum absolute atomic E-state index is 0.0386. The molecular weight excluding hydrogens is 216 g/mol. The minimum Gasteiger partial charge on any atom is -0.396 e. The van der Waals surface area contributed by atoms with Crippen LogP contribution in [0.3, 0.4) is 0 Å².